The Kier molecular flexibility index (Phi) is 2.98. The van der Waals surface area contributed by atoms with Gasteiger partial charge >= 0.3 is 0 Å². The SMILES string of the molecule is CC1(C)CCCN1Cc1cccnc1Cl. The van der Waals surface area contributed by atoms with Gasteiger partial charge in [0.05, 0.1) is 0 Å². The van der Waals surface area contributed by atoms with Crippen molar-refractivity contribution in [2.75, 3.05) is 6.54 Å². The molecule has 2 rings (SSSR count). The molecule has 0 bridgehead atoms. The first-order chi connectivity index (χ1) is 7.09. The molecule has 0 N–H and O–H groups in total. The summed E-state index contributed by atoms with van der Waals surface area (Å²) in [6.07, 6.45) is 4.29. The molecule has 0 radical (unpaired) electrons. The fourth-order valence-electron chi connectivity index (χ4n) is 2.20. The Morgan fingerprint density at radius 3 is 2.93 bits per heavy atom. The van der Waals surface area contributed by atoms with Crippen molar-refractivity contribution in [3.8, 4) is 0 Å². The molecule has 3 heteroatoms. The van der Waals surface area contributed by atoms with Crippen LogP contribution in [0.1, 0.15) is 32.3 Å². The first kappa shape index (κ1) is 10.9. The largest absolute Gasteiger partial charge is 0.294 e. The van der Waals surface area contributed by atoms with Gasteiger partial charge in [-0.05, 0) is 39.3 Å². The third-order valence-corrected chi connectivity index (χ3v) is 3.61. The predicted molar refractivity (Wildman–Crippen MR) is 63.0 cm³/mol. The molecule has 1 aliphatic heterocycles. The predicted octanol–water partition coefficient (Wildman–Crippen LogP) is 3.11. The van der Waals surface area contributed by atoms with Crippen molar-refractivity contribution in [3.63, 3.8) is 0 Å². The summed E-state index contributed by atoms with van der Waals surface area (Å²) in [6.45, 7) is 6.67. The van der Waals surface area contributed by atoms with Crippen LogP contribution in [0.15, 0.2) is 18.3 Å². The Morgan fingerprint density at radius 2 is 2.33 bits per heavy atom. The molecule has 1 saturated heterocycles. The summed E-state index contributed by atoms with van der Waals surface area (Å²) in [7, 11) is 0. The molecule has 82 valence electrons. The lowest BCUT2D eigenvalue weighted by atomic mass is 10.0. The number of rotatable bonds is 2. The monoisotopic (exact) mass is 224 g/mol. The van der Waals surface area contributed by atoms with Crippen molar-refractivity contribution in [2.24, 2.45) is 0 Å². The minimum atomic E-state index is 0.305. The zero-order valence-corrected chi connectivity index (χ0v) is 10.1. The van der Waals surface area contributed by atoms with E-state index in [4.69, 9.17) is 11.6 Å². The van der Waals surface area contributed by atoms with Gasteiger partial charge in [-0.3, -0.25) is 4.90 Å². The second-order valence-corrected chi connectivity index (χ2v) is 5.15. The standard InChI is InChI=1S/C12H17ClN2/c1-12(2)6-4-8-15(12)9-10-5-3-7-14-11(10)13/h3,5,7H,4,6,8-9H2,1-2H3. The zero-order valence-electron chi connectivity index (χ0n) is 9.33. The molecule has 0 atom stereocenters. The second-order valence-electron chi connectivity index (χ2n) is 4.79. The number of hydrogen-bond donors (Lipinski definition) is 0. The quantitative estimate of drug-likeness (QED) is 0.718. The molecule has 0 spiro atoms. The highest BCUT2D eigenvalue weighted by Crippen LogP contribution is 2.30. The van der Waals surface area contributed by atoms with Gasteiger partial charge in [0.15, 0.2) is 0 Å². The Balaban J connectivity index is 2.12. The summed E-state index contributed by atoms with van der Waals surface area (Å²) in [6, 6.07) is 4.01. The van der Waals surface area contributed by atoms with Crippen molar-refractivity contribution in [2.45, 2.75) is 38.8 Å². The summed E-state index contributed by atoms with van der Waals surface area (Å²) < 4.78 is 0. The fraction of sp³-hybridized carbons (Fsp3) is 0.583. The Hall–Kier alpha value is -0.600. The van der Waals surface area contributed by atoms with Crippen molar-refractivity contribution >= 4 is 11.6 Å². The lowest BCUT2D eigenvalue weighted by Crippen LogP contribution is -2.37. The van der Waals surface area contributed by atoms with Crippen molar-refractivity contribution in [1.82, 2.24) is 9.88 Å². The van der Waals surface area contributed by atoms with Crippen LogP contribution in [0.5, 0.6) is 0 Å². The normalized spacial score (nSPS) is 20.7. The number of aromatic nitrogens is 1. The summed E-state index contributed by atoms with van der Waals surface area (Å²) in [5, 5.41) is 0.639. The van der Waals surface area contributed by atoms with Crippen LogP contribution in [-0.2, 0) is 6.54 Å². The van der Waals surface area contributed by atoms with Gasteiger partial charge < -0.3 is 0 Å². The Bertz CT molecular complexity index is 349. The van der Waals surface area contributed by atoms with E-state index >= 15 is 0 Å². The number of likely N-dealkylation sites (tertiary alicyclic amines) is 1. The molecule has 2 nitrogen and oxygen atoms in total. The highest BCUT2D eigenvalue weighted by atomic mass is 35.5. The van der Waals surface area contributed by atoms with Gasteiger partial charge in [-0.1, -0.05) is 17.7 Å². The number of nitrogens with zero attached hydrogens (tertiary/aromatic N) is 2. The summed E-state index contributed by atoms with van der Waals surface area (Å²) in [5.41, 5.74) is 1.44. The van der Waals surface area contributed by atoms with Crippen LogP contribution in [0.3, 0.4) is 0 Å². The molecule has 0 saturated carbocycles. The lowest BCUT2D eigenvalue weighted by Gasteiger charge is -2.31. The number of pyridine rings is 1. The molecule has 1 aliphatic rings. The van der Waals surface area contributed by atoms with Gasteiger partial charge in [0.2, 0.25) is 0 Å². The molecule has 0 aromatic carbocycles. The van der Waals surface area contributed by atoms with Gasteiger partial charge in [-0.15, -0.1) is 0 Å². The van der Waals surface area contributed by atoms with E-state index in [2.05, 4.69) is 29.8 Å². The van der Waals surface area contributed by atoms with Crippen molar-refractivity contribution in [1.29, 1.82) is 0 Å². The summed E-state index contributed by atoms with van der Waals surface area (Å²) in [5.74, 6) is 0. The molecule has 0 amide bonds. The van der Waals surface area contributed by atoms with Crippen LogP contribution < -0.4 is 0 Å². The maximum atomic E-state index is 6.06. The van der Waals surface area contributed by atoms with Gasteiger partial charge in [-0.25, -0.2) is 4.98 Å². The van der Waals surface area contributed by atoms with E-state index in [1.54, 1.807) is 6.20 Å². The number of halogens is 1. The molecular weight excluding hydrogens is 208 g/mol. The van der Waals surface area contributed by atoms with Crippen LogP contribution in [0, 0.1) is 0 Å². The average Bonchev–Trinajstić information content (AvgIpc) is 2.50. The van der Waals surface area contributed by atoms with Crippen LogP contribution in [0.2, 0.25) is 5.15 Å². The molecule has 2 heterocycles. The molecule has 0 aliphatic carbocycles. The zero-order chi connectivity index (χ0) is 10.9. The topological polar surface area (TPSA) is 16.1 Å². The maximum Gasteiger partial charge on any atom is 0.133 e. The van der Waals surface area contributed by atoms with E-state index in [9.17, 15) is 0 Å². The van der Waals surface area contributed by atoms with E-state index in [1.165, 1.54) is 12.8 Å². The average molecular weight is 225 g/mol. The minimum Gasteiger partial charge on any atom is -0.294 e. The van der Waals surface area contributed by atoms with Crippen LogP contribution in [0.4, 0.5) is 0 Å². The smallest absolute Gasteiger partial charge is 0.133 e. The van der Waals surface area contributed by atoms with E-state index in [1.807, 2.05) is 6.07 Å². The maximum absolute atomic E-state index is 6.06. The van der Waals surface area contributed by atoms with Gasteiger partial charge in [0.25, 0.3) is 0 Å². The second kappa shape index (κ2) is 4.11. The molecule has 1 aromatic heterocycles. The molecule has 0 unspecified atom stereocenters. The van der Waals surface area contributed by atoms with Gasteiger partial charge in [-0.2, -0.15) is 0 Å². The Labute approximate surface area is 96.3 Å². The van der Waals surface area contributed by atoms with Crippen molar-refractivity contribution in [3.05, 3.63) is 29.0 Å². The molecule has 1 fully saturated rings. The third-order valence-electron chi connectivity index (χ3n) is 3.27. The molecular formula is C12H17ClN2. The molecule has 15 heavy (non-hydrogen) atoms. The van der Waals surface area contributed by atoms with E-state index < -0.39 is 0 Å². The van der Waals surface area contributed by atoms with Crippen molar-refractivity contribution < 1.29 is 0 Å². The first-order valence-corrected chi connectivity index (χ1v) is 5.82. The van der Waals surface area contributed by atoms with E-state index in [0.717, 1.165) is 18.7 Å². The lowest BCUT2D eigenvalue weighted by molar-refractivity contribution is 0.166. The fourth-order valence-corrected chi connectivity index (χ4v) is 2.38. The van der Waals surface area contributed by atoms with E-state index in [0.29, 0.717) is 10.7 Å². The first-order valence-electron chi connectivity index (χ1n) is 5.44. The van der Waals surface area contributed by atoms with Crippen LogP contribution in [0.25, 0.3) is 0 Å². The molecule has 1 aromatic rings. The van der Waals surface area contributed by atoms with Gasteiger partial charge in [0, 0.05) is 23.8 Å². The minimum absolute atomic E-state index is 0.305. The summed E-state index contributed by atoms with van der Waals surface area (Å²) >= 11 is 6.06. The third kappa shape index (κ3) is 2.32. The van der Waals surface area contributed by atoms with E-state index in [-0.39, 0.29) is 0 Å². The highest BCUT2D eigenvalue weighted by molar-refractivity contribution is 6.30. The number of hydrogen-bond acceptors (Lipinski definition) is 2. The summed E-state index contributed by atoms with van der Waals surface area (Å²) in [4.78, 5) is 6.59. The highest BCUT2D eigenvalue weighted by Gasteiger charge is 2.31. The van der Waals surface area contributed by atoms with Gasteiger partial charge in [0.1, 0.15) is 5.15 Å². The van der Waals surface area contributed by atoms with Crippen LogP contribution in [-0.4, -0.2) is 22.0 Å². The Morgan fingerprint density at radius 1 is 1.53 bits per heavy atom. The van der Waals surface area contributed by atoms with Crippen LogP contribution >= 0.6 is 11.6 Å².